The second-order valence-corrected chi connectivity index (χ2v) is 10.6. The van der Waals surface area contributed by atoms with Crippen molar-refractivity contribution in [2.45, 2.75) is 18.9 Å². The van der Waals surface area contributed by atoms with Gasteiger partial charge in [-0.2, -0.15) is 0 Å². The Morgan fingerprint density at radius 3 is 2.61 bits per heavy atom. The fourth-order valence-electron chi connectivity index (χ4n) is 5.66. The van der Waals surface area contributed by atoms with Crippen LogP contribution in [-0.4, -0.2) is 84.2 Å². The summed E-state index contributed by atoms with van der Waals surface area (Å²) in [6, 6.07) is 15.1. The summed E-state index contributed by atoms with van der Waals surface area (Å²) in [5, 5.41) is 4.91. The van der Waals surface area contributed by atoms with E-state index in [2.05, 4.69) is 55.2 Å². The van der Waals surface area contributed by atoms with Gasteiger partial charge < -0.3 is 24.8 Å². The zero-order chi connectivity index (χ0) is 26.1. The Morgan fingerprint density at radius 1 is 1.03 bits per heavy atom. The van der Waals surface area contributed by atoms with Gasteiger partial charge in [-0.15, -0.1) is 0 Å². The summed E-state index contributed by atoms with van der Waals surface area (Å²) in [5.41, 5.74) is 4.66. The maximum atomic E-state index is 6.52. The first-order valence-electron chi connectivity index (χ1n) is 13.3. The van der Waals surface area contributed by atoms with Gasteiger partial charge in [0, 0.05) is 79.7 Å². The Hall–Kier alpha value is -3.33. The zero-order valence-corrected chi connectivity index (χ0v) is 22.7. The Kier molecular flexibility index (Phi) is 7.10. The lowest BCUT2D eigenvalue weighted by molar-refractivity contribution is 0.0982. The fraction of sp³-hybridized carbons (Fsp3) is 0.379. The van der Waals surface area contributed by atoms with Gasteiger partial charge in [-0.25, -0.2) is 9.97 Å². The molecule has 0 unspecified atom stereocenters. The number of rotatable bonds is 6. The van der Waals surface area contributed by atoms with Crippen LogP contribution in [0.25, 0.3) is 22.2 Å². The Balaban J connectivity index is 1.17. The number of halogens is 1. The van der Waals surface area contributed by atoms with Gasteiger partial charge in [-0.3, -0.25) is 4.90 Å². The number of aromatic nitrogens is 3. The van der Waals surface area contributed by atoms with Crippen molar-refractivity contribution < 1.29 is 4.74 Å². The Bertz CT molecular complexity index is 1410. The molecule has 6 rings (SSSR count). The van der Waals surface area contributed by atoms with Crippen LogP contribution in [0.5, 0.6) is 5.75 Å². The maximum absolute atomic E-state index is 6.52. The molecule has 4 aromatic rings. The molecule has 0 spiro atoms. The monoisotopic (exact) mass is 531 g/mol. The van der Waals surface area contributed by atoms with Crippen LogP contribution < -0.4 is 15.0 Å². The van der Waals surface area contributed by atoms with Crippen LogP contribution in [0.3, 0.4) is 0 Å². The number of hydrogen-bond acceptors (Lipinski definition) is 7. The van der Waals surface area contributed by atoms with Crippen molar-refractivity contribution in [1.29, 1.82) is 0 Å². The molecule has 2 aliphatic rings. The first-order valence-corrected chi connectivity index (χ1v) is 13.7. The molecule has 0 atom stereocenters. The number of para-hydroxylation sites is 1. The third kappa shape index (κ3) is 5.04. The molecule has 2 saturated heterocycles. The SMILES string of the molecule is COc1cc(N2CCC(N3CCN(C)CC3)CC2)ccc1Nc1ncc(Cl)c(-c2c[nH]c3ccccc23)n1. The molecule has 38 heavy (non-hydrogen) atoms. The van der Waals surface area contributed by atoms with Gasteiger partial charge in [0.05, 0.1) is 29.7 Å². The largest absolute Gasteiger partial charge is 0.494 e. The minimum Gasteiger partial charge on any atom is -0.494 e. The normalized spacial score (nSPS) is 17.7. The summed E-state index contributed by atoms with van der Waals surface area (Å²) >= 11 is 6.52. The third-order valence-corrected chi connectivity index (χ3v) is 8.18. The molecule has 8 nitrogen and oxygen atoms in total. The van der Waals surface area contributed by atoms with Crippen LogP contribution in [0.15, 0.2) is 54.9 Å². The average molecular weight is 532 g/mol. The molecule has 2 aromatic heterocycles. The molecule has 2 N–H and O–H groups in total. The first kappa shape index (κ1) is 25.0. The standard InChI is InChI=1S/C29H34ClN7O/c1-35-13-15-37(16-14-35)20-9-11-36(12-10-20)21-7-8-26(27(17-21)38-2)33-29-32-19-24(30)28(34-29)23-18-31-25-6-4-3-5-22(23)25/h3-8,17-20,31H,9-16H2,1-2H3,(H,32,33,34). The van der Waals surface area contributed by atoms with Crippen molar-refractivity contribution in [3.63, 3.8) is 0 Å². The number of H-pyrrole nitrogens is 1. The van der Waals surface area contributed by atoms with Crippen molar-refractivity contribution in [3.8, 4) is 17.0 Å². The summed E-state index contributed by atoms with van der Waals surface area (Å²) < 4.78 is 5.77. The van der Waals surface area contributed by atoms with Crippen LogP contribution in [0.2, 0.25) is 5.02 Å². The van der Waals surface area contributed by atoms with Crippen LogP contribution in [0, 0.1) is 0 Å². The van der Waals surface area contributed by atoms with E-state index in [-0.39, 0.29) is 0 Å². The van der Waals surface area contributed by atoms with Gasteiger partial charge in [-0.1, -0.05) is 29.8 Å². The van der Waals surface area contributed by atoms with E-state index >= 15 is 0 Å². The average Bonchev–Trinajstić information content (AvgIpc) is 3.39. The quantitative estimate of drug-likeness (QED) is 0.352. The molecule has 0 saturated carbocycles. The van der Waals surface area contributed by atoms with E-state index in [1.54, 1.807) is 13.3 Å². The first-order chi connectivity index (χ1) is 18.6. The molecule has 4 heterocycles. The molecule has 2 aromatic carbocycles. The van der Waals surface area contributed by atoms with E-state index in [0.717, 1.165) is 41.0 Å². The van der Waals surface area contributed by atoms with E-state index in [1.807, 2.05) is 30.5 Å². The Labute approximate surface area is 228 Å². The number of fused-ring (bicyclic) bond motifs is 1. The van der Waals surface area contributed by atoms with E-state index in [0.29, 0.717) is 22.7 Å². The highest BCUT2D eigenvalue weighted by Gasteiger charge is 2.27. The number of hydrogen-bond donors (Lipinski definition) is 2. The third-order valence-electron chi connectivity index (χ3n) is 7.90. The van der Waals surface area contributed by atoms with E-state index in [1.165, 1.54) is 44.7 Å². The second kappa shape index (κ2) is 10.8. The second-order valence-electron chi connectivity index (χ2n) is 10.2. The van der Waals surface area contributed by atoms with Gasteiger partial charge in [0.1, 0.15) is 5.75 Å². The van der Waals surface area contributed by atoms with Crippen molar-refractivity contribution in [2.24, 2.45) is 0 Å². The fourth-order valence-corrected chi connectivity index (χ4v) is 5.85. The van der Waals surface area contributed by atoms with Crippen molar-refractivity contribution in [1.82, 2.24) is 24.8 Å². The number of nitrogens with zero attached hydrogens (tertiary/aromatic N) is 5. The van der Waals surface area contributed by atoms with E-state index < -0.39 is 0 Å². The highest BCUT2D eigenvalue weighted by atomic mass is 35.5. The lowest BCUT2D eigenvalue weighted by Crippen LogP contribution is -2.52. The summed E-state index contributed by atoms with van der Waals surface area (Å²) in [4.78, 5) is 20.1. The number of methoxy groups -OCH3 is 1. The van der Waals surface area contributed by atoms with Gasteiger partial charge in [0.15, 0.2) is 0 Å². The molecular weight excluding hydrogens is 498 g/mol. The highest BCUT2D eigenvalue weighted by molar-refractivity contribution is 6.33. The minimum atomic E-state index is 0.466. The van der Waals surface area contributed by atoms with Crippen LogP contribution in [0.4, 0.5) is 17.3 Å². The molecule has 2 aliphatic heterocycles. The number of aromatic amines is 1. The number of likely N-dealkylation sites (N-methyl/N-ethyl adjacent to an activating group) is 1. The topological polar surface area (TPSA) is 72.6 Å². The van der Waals surface area contributed by atoms with Crippen LogP contribution in [-0.2, 0) is 0 Å². The summed E-state index contributed by atoms with van der Waals surface area (Å²) in [6.07, 6.45) is 5.97. The lowest BCUT2D eigenvalue weighted by Gasteiger charge is -2.42. The lowest BCUT2D eigenvalue weighted by atomic mass is 10.0. The molecule has 0 amide bonds. The number of anilines is 3. The molecule has 0 aliphatic carbocycles. The number of piperazine rings is 1. The predicted octanol–water partition coefficient (Wildman–Crippen LogP) is 5.25. The summed E-state index contributed by atoms with van der Waals surface area (Å²) in [6.45, 7) is 6.83. The van der Waals surface area contributed by atoms with Crippen molar-refractivity contribution in [2.75, 3.05) is 63.6 Å². The van der Waals surface area contributed by atoms with Crippen molar-refractivity contribution in [3.05, 3.63) is 59.9 Å². The van der Waals surface area contributed by atoms with Gasteiger partial charge in [-0.05, 0) is 38.1 Å². The van der Waals surface area contributed by atoms with Gasteiger partial charge in [0.25, 0.3) is 0 Å². The van der Waals surface area contributed by atoms with Crippen molar-refractivity contribution >= 4 is 39.8 Å². The predicted molar refractivity (Wildman–Crippen MR) is 155 cm³/mol. The number of ether oxygens (including phenoxy) is 1. The van der Waals surface area contributed by atoms with Gasteiger partial charge in [0.2, 0.25) is 5.95 Å². The molecular formula is C29H34ClN7O. The Morgan fingerprint density at radius 2 is 1.82 bits per heavy atom. The summed E-state index contributed by atoms with van der Waals surface area (Å²) in [7, 11) is 3.91. The molecule has 198 valence electrons. The molecule has 0 bridgehead atoms. The number of nitrogens with one attached hydrogen (secondary N) is 2. The highest BCUT2D eigenvalue weighted by Crippen LogP contribution is 2.35. The van der Waals surface area contributed by atoms with E-state index in [4.69, 9.17) is 21.3 Å². The number of piperidine rings is 1. The molecule has 2 fully saturated rings. The molecule has 0 radical (unpaired) electrons. The zero-order valence-electron chi connectivity index (χ0n) is 22.0. The van der Waals surface area contributed by atoms with E-state index in [9.17, 15) is 0 Å². The molecule has 9 heteroatoms. The van der Waals surface area contributed by atoms with Crippen LogP contribution in [0.1, 0.15) is 12.8 Å². The van der Waals surface area contributed by atoms with Gasteiger partial charge >= 0.3 is 0 Å². The maximum Gasteiger partial charge on any atom is 0.227 e. The smallest absolute Gasteiger partial charge is 0.227 e. The number of benzene rings is 2. The van der Waals surface area contributed by atoms with Crippen LogP contribution >= 0.6 is 11.6 Å². The minimum absolute atomic E-state index is 0.466. The summed E-state index contributed by atoms with van der Waals surface area (Å²) in [5.74, 6) is 1.23.